The molecule has 2 heterocycles. The molecule has 6 nitrogen and oxygen atoms in total. The van der Waals surface area contributed by atoms with Crippen molar-refractivity contribution >= 4 is 17.5 Å². The average Bonchev–Trinajstić information content (AvgIpc) is 2.40. The smallest absolute Gasteiger partial charge is 0.246 e. The normalized spacial score (nSPS) is 17.0. The van der Waals surface area contributed by atoms with E-state index in [1.807, 2.05) is 6.07 Å². The van der Waals surface area contributed by atoms with Crippen LogP contribution < -0.4 is 0 Å². The molecular formula is C11H11ClN4O2. The van der Waals surface area contributed by atoms with Gasteiger partial charge in [0.1, 0.15) is 11.5 Å². The van der Waals surface area contributed by atoms with E-state index in [9.17, 15) is 4.79 Å². The van der Waals surface area contributed by atoms with E-state index in [1.165, 1.54) is 12.4 Å². The first-order valence-electron chi connectivity index (χ1n) is 5.46. The van der Waals surface area contributed by atoms with Gasteiger partial charge >= 0.3 is 0 Å². The summed E-state index contributed by atoms with van der Waals surface area (Å²) in [7, 11) is 0. The van der Waals surface area contributed by atoms with Gasteiger partial charge in [-0.3, -0.25) is 4.79 Å². The van der Waals surface area contributed by atoms with Crippen LogP contribution in [-0.4, -0.2) is 47.1 Å². The van der Waals surface area contributed by atoms with Gasteiger partial charge in [-0.15, -0.1) is 0 Å². The van der Waals surface area contributed by atoms with Crippen LogP contribution in [0.25, 0.3) is 0 Å². The Morgan fingerprint density at radius 3 is 2.83 bits per heavy atom. The molecule has 0 aromatic carbocycles. The van der Waals surface area contributed by atoms with E-state index in [2.05, 4.69) is 9.97 Å². The first-order valence-corrected chi connectivity index (χ1v) is 5.84. The average molecular weight is 267 g/mol. The van der Waals surface area contributed by atoms with Gasteiger partial charge in [-0.25, -0.2) is 9.97 Å². The predicted octanol–water partition coefficient (Wildman–Crippen LogP) is 0.596. The molecule has 2 rings (SSSR count). The monoisotopic (exact) mass is 266 g/mol. The van der Waals surface area contributed by atoms with Gasteiger partial charge in [0, 0.05) is 13.1 Å². The molecular weight excluding hydrogens is 256 g/mol. The number of carbonyl (C=O) groups excluding carboxylic acids is 1. The molecule has 1 aromatic heterocycles. The van der Waals surface area contributed by atoms with Crippen molar-refractivity contribution in [2.75, 3.05) is 26.3 Å². The van der Waals surface area contributed by atoms with Crippen LogP contribution in [0, 0.1) is 11.3 Å². The summed E-state index contributed by atoms with van der Waals surface area (Å²) >= 11 is 5.73. The molecule has 94 valence electrons. The summed E-state index contributed by atoms with van der Waals surface area (Å²) in [4.78, 5) is 21.4. The third-order valence-corrected chi connectivity index (χ3v) is 2.86. The molecule has 18 heavy (non-hydrogen) atoms. The fraction of sp³-hybridized carbons (Fsp3) is 0.455. The molecule has 0 bridgehead atoms. The number of nitriles is 1. The lowest BCUT2D eigenvalue weighted by Crippen LogP contribution is -2.43. The second-order valence-corrected chi connectivity index (χ2v) is 4.15. The minimum atomic E-state index is -0.941. The Labute approximate surface area is 109 Å². The molecule has 1 aromatic rings. The predicted molar refractivity (Wildman–Crippen MR) is 62.8 cm³/mol. The molecule has 1 aliphatic rings. The molecule has 0 aliphatic carbocycles. The van der Waals surface area contributed by atoms with E-state index in [4.69, 9.17) is 21.6 Å². The Morgan fingerprint density at radius 2 is 2.22 bits per heavy atom. The minimum absolute atomic E-state index is 0.218. The van der Waals surface area contributed by atoms with Gasteiger partial charge in [0.05, 0.1) is 25.0 Å². The number of nitrogens with zero attached hydrogens (tertiary/aromatic N) is 4. The van der Waals surface area contributed by atoms with E-state index >= 15 is 0 Å². The van der Waals surface area contributed by atoms with E-state index in [1.54, 1.807) is 4.90 Å². The van der Waals surface area contributed by atoms with Crippen molar-refractivity contribution in [3.05, 3.63) is 23.2 Å². The Bertz CT molecular complexity index is 482. The second kappa shape index (κ2) is 5.76. The summed E-state index contributed by atoms with van der Waals surface area (Å²) in [6, 6.07) is 3.40. The molecule has 0 radical (unpaired) electrons. The largest absolute Gasteiger partial charge is 0.378 e. The van der Waals surface area contributed by atoms with Crippen LogP contribution >= 0.6 is 11.6 Å². The van der Waals surface area contributed by atoms with E-state index in [0.29, 0.717) is 32.0 Å². The first kappa shape index (κ1) is 12.7. The second-order valence-electron chi connectivity index (χ2n) is 3.77. The number of hydrogen-bond donors (Lipinski definition) is 0. The fourth-order valence-electron chi connectivity index (χ4n) is 1.72. The summed E-state index contributed by atoms with van der Waals surface area (Å²) in [5, 5.41) is 9.36. The SMILES string of the molecule is N#C[C@H](C(=O)N1CCOCC1)c1cc(Cl)ncn1. The van der Waals surface area contributed by atoms with Crippen LogP contribution in [0.4, 0.5) is 0 Å². The summed E-state index contributed by atoms with van der Waals surface area (Å²) < 4.78 is 5.16. The van der Waals surface area contributed by atoms with Crippen LogP contribution in [-0.2, 0) is 9.53 Å². The number of morpholine rings is 1. The summed E-state index contributed by atoms with van der Waals surface area (Å²) in [6.45, 7) is 1.98. The molecule has 1 atom stereocenters. The van der Waals surface area contributed by atoms with Crippen molar-refractivity contribution in [2.45, 2.75) is 5.92 Å². The zero-order valence-corrected chi connectivity index (χ0v) is 10.3. The standard InChI is InChI=1S/C11H11ClN4O2/c12-10-5-9(14-7-15-10)8(6-13)11(17)16-1-3-18-4-2-16/h5,7-8H,1-4H2/t8-/m0/s1. The molecule has 7 heteroatoms. The van der Waals surface area contributed by atoms with E-state index in [0.717, 1.165) is 0 Å². The quantitative estimate of drug-likeness (QED) is 0.732. The number of halogens is 1. The highest BCUT2D eigenvalue weighted by Crippen LogP contribution is 2.18. The lowest BCUT2D eigenvalue weighted by Gasteiger charge is -2.28. The highest BCUT2D eigenvalue weighted by atomic mass is 35.5. The summed E-state index contributed by atoms with van der Waals surface area (Å²) in [5.41, 5.74) is 0.328. The van der Waals surface area contributed by atoms with Gasteiger partial charge in [0.25, 0.3) is 0 Å². The fourth-order valence-corrected chi connectivity index (χ4v) is 1.87. The van der Waals surface area contributed by atoms with Gasteiger partial charge in [0.2, 0.25) is 5.91 Å². The van der Waals surface area contributed by atoms with Crippen LogP contribution in [0.5, 0.6) is 0 Å². The van der Waals surface area contributed by atoms with Crippen LogP contribution in [0.2, 0.25) is 5.15 Å². The molecule has 0 N–H and O–H groups in total. The van der Waals surface area contributed by atoms with E-state index in [-0.39, 0.29) is 11.1 Å². The van der Waals surface area contributed by atoms with Gasteiger partial charge in [0.15, 0.2) is 5.92 Å². The maximum Gasteiger partial charge on any atom is 0.246 e. The molecule has 0 spiro atoms. The van der Waals surface area contributed by atoms with Crippen LogP contribution in [0.3, 0.4) is 0 Å². The number of ether oxygens (including phenoxy) is 1. The van der Waals surface area contributed by atoms with Crippen molar-refractivity contribution in [1.29, 1.82) is 5.26 Å². The summed E-state index contributed by atoms with van der Waals surface area (Å²) in [6.07, 6.45) is 1.24. The Balaban J connectivity index is 2.18. The molecule has 1 saturated heterocycles. The van der Waals surface area contributed by atoms with Gasteiger partial charge in [-0.1, -0.05) is 11.6 Å². The van der Waals surface area contributed by atoms with E-state index < -0.39 is 5.92 Å². The lowest BCUT2D eigenvalue weighted by atomic mass is 10.1. The molecule has 1 amide bonds. The maximum absolute atomic E-state index is 12.2. The number of amides is 1. The highest BCUT2D eigenvalue weighted by Gasteiger charge is 2.28. The van der Waals surface area contributed by atoms with Crippen molar-refractivity contribution in [3.63, 3.8) is 0 Å². The third kappa shape index (κ3) is 2.75. The first-order chi connectivity index (χ1) is 8.72. The Morgan fingerprint density at radius 1 is 1.50 bits per heavy atom. The van der Waals surface area contributed by atoms with Crippen molar-refractivity contribution < 1.29 is 9.53 Å². The van der Waals surface area contributed by atoms with Gasteiger partial charge in [-0.05, 0) is 6.07 Å². The number of hydrogen-bond acceptors (Lipinski definition) is 5. The molecule has 1 aliphatic heterocycles. The number of rotatable bonds is 2. The zero-order valence-electron chi connectivity index (χ0n) is 9.54. The number of aromatic nitrogens is 2. The van der Waals surface area contributed by atoms with Crippen LogP contribution in [0.1, 0.15) is 11.6 Å². The molecule has 1 fully saturated rings. The van der Waals surface area contributed by atoms with Crippen molar-refractivity contribution in [2.24, 2.45) is 0 Å². The van der Waals surface area contributed by atoms with Crippen LogP contribution in [0.15, 0.2) is 12.4 Å². The zero-order chi connectivity index (χ0) is 13.0. The van der Waals surface area contributed by atoms with Crippen molar-refractivity contribution in [1.82, 2.24) is 14.9 Å². The topological polar surface area (TPSA) is 79.1 Å². The Kier molecular flexibility index (Phi) is 4.07. The van der Waals surface area contributed by atoms with Gasteiger partial charge < -0.3 is 9.64 Å². The van der Waals surface area contributed by atoms with Gasteiger partial charge in [-0.2, -0.15) is 5.26 Å². The van der Waals surface area contributed by atoms with Crippen molar-refractivity contribution in [3.8, 4) is 6.07 Å². The highest BCUT2D eigenvalue weighted by molar-refractivity contribution is 6.29. The summed E-state index contributed by atoms with van der Waals surface area (Å²) in [5.74, 6) is -1.21. The molecule has 0 saturated carbocycles. The minimum Gasteiger partial charge on any atom is -0.378 e. The Hall–Kier alpha value is -1.71. The lowest BCUT2D eigenvalue weighted by molar-refractivity contribution is -0.135. The maximum atomic E-state index is 12.2. The molecule has 0 unspecified atom stereocenters. The third-order valence-electron chi connectivity index (χ3n) is 2.65. The number of carbonyl (C=O) groups is 1.